The number of nitrogens with zero attached hydrogens (tertiary/aromatic N) is 1. The minimum Gasteiger partial charge on any atom is -0.481 e. The van der Waals surface area contributed by atoms with Gasteiger partial charge in [0.2, 0.25) is 5.91 Å². The van der Waals surface area contributed by atoms with Gasteiger partial charge in [-0.2, -0.15) is 0 Å². The highest BCUT2D eigenvalue weighted by Crippen LogP contribution is 2.00. The second-order valence-electron chi connectivity index (χ2n) is 3.66. The Labute approximate surface area is 100 Å². The van der Waals surface area contributed by atoms with Gasteiger partial charge >= 0.3 is 12.0 Å². The zero-order chi connectivity index (χ0) is 13.4. The number of carboxylic acids is 1. The molecule has 1 atom stereocenters. The van der Waals surface area contributed by atoms with Crippen molar-refractivity contribution in [3.63, 3.8) is 0 Å². The number of hydrogen-bond donors (Lipinski definition) is 3. The molecule has 0 aliphatic carbocycles. The number of rotatable bonds is 6. The number of aliphatic carboxylic acids is 1. The molecule has 0 aliphatic rings. The molecular formula is C10H19N3O4. The molecule has 98 valence electrons. The van der Waals surface area contributed by atoms with E-state index in [0.29, 0.717) is 6.42 Å². The highest BCUT2D eigenvalue weighted by Gasteiger charge is 2.17. The predicted octanol–water partition coefficient (Wildman–Crippen LogP) is -0.515. The molecule has 3 amide bonds. The quantitative estimate of drug-likeness (QED) is 0.586. The molecule has 0 aromatic heterocycles. The SMILES string of the molecule is CCC(CNC(=O)N(C)CC(=O)NC)C(=O)O. The van der Waals surface area contributed by atoms with Crippen LogP contribution in [-0.4, -0.2) is 55.1 Å². The highest BCUT2D eigenvalue weighted by atomic mass is 16.4. The topological polar surface area (TPSA) is 98.7 Å². The van der Waals surface area contributed by atoms with Gasteiger partial charge in [0.05, 0.1) is 5.92 Å². The molecule has 3 N–H and O–H groups in total. The van der Waals surface area contributed by atoms with Gasteiger partial charge in [0, 0.05) is 20.6 Å². The van der Waals surface area contributed by atoms with Gasteiger partial charge in [0.1, 0.15) is 6.54 Å². The van der Waals surface area contributed by atoms with Crippen LogP contribution in [0.5, 0.6) is 0 Å². The number of amides is 3. The minimum atomic E-state index is -0.943. The van der Waals surface area contributed by atoms with Gasteiger partial charge < -0.3 is 20.6 Å². The van der Waals surface area contributed by atoms with Crippen molar-refractivity contribution < 1.29 is 19.5 Å². The summed E-state index contributed by atoms with van der Waals surface area (Å²) in [6.45, 7) is 1.73. The number of likely N-dealkylation sites (N-methyl/N-ethyl adjacent to an activating group) is 2. The smallest absolute Gasteiger partial charge is 0.317 e. The summed E-state index contributed by atoms with van der Waals surface area (Å²) in [6.07, 6.45) is 0.439. The van der Waals surface area contributed by atoms with Crippen molar-refractivity contribution in [1.82, 2.24) is 15.5 Å². The Balaban J connectivity index is 4.08. The Kier molecular flexibility index (Phi) is 6.69. The Morgan fingerprint density at radius 2 is 1.94 bits per heavy atom. The molecule has 0 aromatic rings. The minimum absolute atomic E-state index is 0.0583. The number of urea groups is 1. The van der Waals surface area contributed by atoms with Crippen LogP contribution in [0.1, 0.15) is 13.3 Å². The zero-order valence-electron chi connectivity index (χ0n) is 10.3. The van der Waals surface area contributed by atoms with E-state index in [-0.39, 0.29) is 19.0 Å². The van der Waals surface area contributed by atoms with Gasteiger partial charge in [0.15, 0.2) is 0 Å². The molecule has 0 aliphatic heterocycles. The van der Waals surface area contributed by atoms with Crippen LogP contribution in [0.25, 0.3) is 0 Å². The molecule has 17 heavy (non-hydrogen) atoms. The van der Waals surface area contributed by atoms with Crippen molar-refractivity contribution in [3.05, 3.63) is 0 Å². The average molecular weight is 245 g/mol. The molecule has 0 radical (unpaired) electrons. The summed E-state index contributed by atoms with van der Waals surface area (Å²) in [5.41, 5.74) is 0. The molecule has 0 bridgehead atoms. The van der Waals surface area contributed by atoms with Gasteiger partial charge in [-0.3, -0.25) is 9.59 Å². The van der Waals surface area contributed by atoms with E-state index in [1.54, 1.807) is 6.92 Å². The normalized spacial score (nSPS) is 11.5. The molecule has 1 unspecified atom stereocenters. The van der Waals surface area contributed by atoms with Crippen molar-refractivity contribution in [2.75, 3.05) is 27.2 Å². The van der Waals surface area contributed by atoms with Crippen LogP contribution in [0.2, 0.25) is 0 Å². The first-order valence-electron chi connectivity index (χ1n) is 5.34. The summed E-state index contributed by atoms with van der Waals surface area (Å²) < 4.78 is 0. The molecule has 0 aromatic carbocycles. The van der Waals surface area contributed by atoms with E-state index in [0.717, 1.165) is 0 Å². The maximum absolute atomic E-state index is 11.5. The molecular weight excluding hydrogens is 226 g/mol. The third-order valence-corrected chi connectivity index (χ3v) is 2.35. The summed E-state index contributed by atoms with van der Waals surface area (Å²) >= 11 is 0. The molecule has 7 nitrogen and oxygen atoms in total. The highest BCUT2D eigenvalue weighted by molar-refractivity contribution is 5.83. The van der Waals surface area contributed by atoms with Crippen molar-refractivity contribution in [2.45, 2.75) is 13.3 Å². The molecule has 7 heteroatoms. The summed E-state index contributed by atoms with van der Waals surface area (Å²) in [6, 6.07) is -0.465. The van der Waals surface area contributed by atoms with Crippen molar-refractivity contribution in [2.24, 2.45) is 5.92 Å². The fraction of sp³-hybridized carbons (Fsp3) is 0.700. The molecule has 0 saturated heterocycles. The van der Waals surface area contributed by atoms with Crippen LogP contribution in [0, 0.1) is 5.92 Å². The van der Waals surface area contributed by atoms with Gasteiger partial charge in [-0.1, -0.05) is 6.92 Å². The van der Waals surface area contributed by atoms with Gasteiger partial charge in [0.25, 0.3) is 0 Å². The lowest BCUT2D eigenvalue weighted by Crippen LogP contribution is -2.44. The fourth-order valence-corrected chi connectivity index (χ4v) is 1.12. The first-order chi connectivity index (χ1) is 7.92. The molecule has 0 heterocycles. The van der Waals surface area contributed by atoms with Crippen molar-refractivity contribution >= 4 is 17.9 Å². The molecule has 0 rings (SSSR count). The van der Waals surface area contributed by atoms with E-state index in [4.69, 9.17) is 5.11 Å². The second-order valence-corrected chi connectivity index (χ2v) is 3.66. The van der Waals surface area contributed by atoms with Crippen LogP contribution in [0.3, 0.4) is 0 Å². The number of hydrogen-bond acceptors (Lipinski definition) is 3. The van der Waals surface area contributed by atoms with E-state index in [2.05, 4.69) is 10.6 Å². The predicted molar refractivity (Wildman–Crippen MR) is 61.5 cm³/mol. The van der Waals surface area contributed by atoms with E-state index >= 15 is 0 Å². The van der Waals surface area contributed by atoms with Crippen LogP contribution in [0.15, 0.2) is 0 Å². The van der Waals surface area contributed by atoms with Gasteiger partial charge in [-0.25, -0.2) is 4.79 Å². The maximum Gasteiger partial charge on any atom is 0.317 e. The average Bonchev–Trinajstić information content (AvgIpc) is 2.28. The first-order valence-corrected chi connectivity index (χ1v) is 5.34. The monoisotopic (exact) mass is 245 g/mol. The largest absolute Gasteiger partial charge is 0.481 e. The van der Waals surface area contributed by atoms with Crippen LogP contribution >= 0.6 is 0 Å². The van der Waals surface area contributed by atoms with Crippen LogP contribution in [0.4, 0.5) is 4.79 Å². The fourth-order valence-electron chi connectivity index (χ4n) is 1.12. The molecule has 0 fully saturated rings. The van der Waals surface area contributed by atoms with Crippen LogP contribution in [-0.2, 0) is 9.59 Å². The lowest BCUT2D eigenvalue weighted by molar-refractivity contribution is -0.141. The molecule has 0 saturated carbocycles. The second kappa shape index (κ2) is 7.48. The lowest BCUT2D eigenvalue weighted by Gasteiger charge is -2.18. The summed E-state index contributed by atoms with van der Waals surface area (Å²) in [5.74, 6) is -1.83. The van der Waals surface area contributed by atoms with E-state index in [1.165, 1.54) is 19.0 Å². The summed E-state index contributed by atoms with van der Waals surface area (Å²) in [7, 11) is 2.94. The Bertz CT molecular complexity index is 293. The Hall–Kier alpha value is -1.79. The lowest BCUT2D eigenvalue weighted by atomic mass is 10.1. The van der Waals surface area contributed by atoms with E-state index in [1.807, 2.05) is 0 Å². The third kappa shape index (κ3) is 5.74. The maximum atomic E-state index is 11.5. The summed E-state index contributed by atoms with van der Waals surface area (Å²) in [4.78, 5) is 34.4. The number of nitrogens with one attached hydrogen (secondary N) is 2. The van der Waals surface area contributed by atoms with E-state index in [9.17, 15) is 14.4 Å². The van der Waals surface area contributed by atoms with Gasteiger partial charge in [-0.15, -0.1) is 0 Å². The first kappa shape index (κ1) is 15.2. The van der Waals surface area contributed by atoms with Crippen molar-refractivity contribution in [3.8, 4) is 0 Å². The summed E-state index contributed by atoms with van der Waals surface area (Å²) in [5, 5.41) is 13.6. The standard InChI is InChI=1S/C10H19N3O4/c1-4-7(9(15)16)5-12-10(17)13(3)6-8(14)11-2/h7H,4-6H2,1-3H3,(H,11,14)(H,12,17)(H,15,16). The van der Waals surface area contributed by atoms with E-state index < -0.39 is 17.9 Å². The Morgan fingerprint density at radius 3 is 2.35 bits per heavy atom. The number of carbonyl (C=O) groups is 3. The third-order valence-electron chi connectivity index (χ3n) is 2.35. The Morgan fingerprint density at radius 1 is 1.35 bits per heavy atom. The van der Waals surface area contributed by atoms with Crippen LogP contribution < -0.4 is 10.6 Å². The van der Waals surface area contributed by atoms with Crippen molar-refractivity contribution in [1.29, 1.82) is 0 Å². The van der Waals surface area contributed by atoms with Gasteiger partial charge in [-0.05, 0) is 6.42 Å². The number of carbonyl (C=O) groups excluding carboxylic acids is 2. The zero-order valence-corrected chi connectivity index (χ0v) is 10.3. The molecule has 0 spiro atoms. The number of carboxylic acid groups (broad SMARTS) is 1.